The van der Waals surface area contributed by atoms with Gasteiger partial charge in [0.25, 0.3) is 0 Å². The van der Waals surface area contributed by atoms with Crippen molar-refractivity contribution in [1.82, 2.24) is 9.97 Å². The van der Waals surface area contributed by atoms with Gasteiger partial charge < -0.3 is 16.0 Å². The lowest BCUT2D eigenvalue weighted by Crippen LogP contribution is -2.30. The summed E-state index contributed by atoms with van der Waals surface area (Å²) in [6.45, 7) is 5.03. The van der Waals surface area contributed by atoms with Crippen molar-refractivity contribution in [2.24, 2.45) is 0 Å². The Morgan fingerprint density at radius 3 is 2.75 bits per heavy atom. The van der Waals surface area contributed by atoms with Crippen LogP contribution in [0.15, 0.2) is 6.07 Å². The molecule has 2 rings (SSSR count). The Morgan fingerprint density at radius 2 is 2.06 bits per heavy atom. The number of hydrogen-bond donors (Lipinski definition) is 2. The third-order valence-electron chi connectivity index (χ3n) is 2.77. The van der Waals surface area contributed by atoms with Gasteiger partial charge in [0.05, 0.1) is 0 Å². The van der Waals surface area contributed by atoms with Gasteiger partial charge in [0, 0.05) is 25.7 Å². The van der Waals surface area contributed by atoms with Gasteiger partial charge in [-0.1, -0.05) is 0 Å². The number of nitrogens with two attached hydrogens (primary N) is 1. The van der Waals surface area contributed by atoms with E-state index in [-0.39, 0.29) is 0 Å². The van der Waals surface area contributed by atoms with E-state index in [1.54, 1.807) is 0 Å². The third-order valence-corrected chi connectivity index (χ3v) is 2.77. The number of anilines is 3. The Bertz CT molecular complexity index is 346. The molecule has 0 amide bonds. The SMILES string of the molecule is CCNc1cc(N2CCCCC2)nc(N)n1. The monoisotopic (exact) mass is 221 g/mol. The molecular weight excluding hydrogens is 202 g/mol. The van der Waals surface area contributed by atoms with Gasteiger partial charge in [-0.2, -0.15) is 9.97 Å². The minimum absolute atomic E-state index is 0.346. The van der Waals surface area contributed by atoms with Crippen LogP contribution in [0.25, 0.3) is 0 Å². The molecule has 1 aromatic heterocycles. The van der Waals surface area contributed by atoms with Crippen LogP contribution in [0, 0.1) is 0 Å². The van der Waals surface area contributed by atoms with Gasteiger partial charge >= 0.3 is 0 Å². The molecular formula is C11H19N5. The molecule has 0 saturated carbocycles. The second kappa shape index (κ2) is 5.01. The number of nitrogen functional groups attached to an aromatic ring is 1. The van der Waals surface area contributed by atoms with Crippen molar-refractivity contribution >= 4 is 17.6 Å². The van der Waals surface area contributed by atoms with Gasteiger partial charge in [-0.05, 0) is 26.2 Å². The fourth-order valence-electron chi connectivity index (χ4n) is 2.01. The van der Waals surface area contributed by atoms with Crippen molar-refractivity contribution < 1.29 is 0 Å². The molecule has 1 aromatic rings. The molecule has 0 unspecified atom stereocenters. The highest BCUT2D eigenvalue weighted by molar-refractivity contribution is 5.52. The molecule has 0 atom stereocenters. The summed E-state index contributed by atoms with van der Waals surface area (Å²) in [5.41, 5.74) is 5.71. The van der Waals surface area contributed by atoms with E-state index in [2.05, 4.69) is 20.2 Å². The van der Waals surface area contributed by atoms with E-state index in [0.717, 1.165) is 31.3 Å². The highest BCUT2D eigenvalue weighted by Gasteiger charge is 2.13. The van der Waals surface area contributed by atoms with Crippen molar-refractivity contribution in [3.8, 4) is 0 Å². The molecule has 0 aromatic carbocycles. The molecule has 0 aliphatic carbocycles. The number of aromatic nitrogens is 2. The Hall–Kier alpha value is -1.52. The van der Waals surface area contributed by atoms with Crippen molar-refractivity contribution in [3.05, 3.63) is 6.07 Å². The first-order valence-corrected chi connectivity index (χ1v) is 5.93. The summed E-state index contributed by atoms with van der Waals surface area (Å²) in [6, 6.07) is 1.98. The summed E-state index contributed by atoms with van der Waals surface area (Å²) in [7, 11) is 0. The van der Waals surface area contributed by atoms with Crippen LogP contribution < -0.4 is 16.0 Å². The summed E-state index contributed by atoms with van der Waals surface area (Å²) < 4.78 is 0. The molecule has 3 N–H and O–H groups in total. The lowest BCUT2D eigenvalue weighted by Gasteiger charge is -2.27. The standard InChI is InChI=1S/C11H19N5/c1-2-13-9-8-10(15-11(12)14-9)16-6-4-3-5-7-16/h8H,2-7H2,1H3,(H3,12,13,14,15). The van der Waals surface area contributed by atoms with Gasteiger partial charge in [-0.3, -0.25) is 0 Å². The maximum atomic E-state index is 5.71. The predicted molar refractivity (Wildman–Crippen MR) is 66.7 cm³/mol. The van der Waals surface area contributed by atoms with Gasteiger partial charge in [0.1, 0.15) is 11.6 Å². The number of nitrogens with one attached hydrogen (secondary N) is 1. The maximum absolute atomic E-state index is 5.71. The predicted octanol–water partition coefficient (Wildman–Crippen LogP) is 1.48. The molecule has 5 heteroatoms. The van der Waals surface area contributed by atoms with Crippen LogP contribution in [0.2, 0.25) is 0 Å². The summed E-state index contributed by atoms with van der Waals surface area (Å²) in [5.74, 6) is 2.11. The quantitative estimate of drug-likeness (QED) is 0.809. The second-order valence-electron chi connectivity index (χ2n) is 4.05. The van der Waals surface area contributed by atoms with E-state index in [0.29, 0.717) is 5.95 Å². The number of nitrogens with zero attached hydrogens (tertiary/aromatic N) is 3. The van der Waals surface area contributed by atoms with Gasteiger partial charge in [-0.25, -0.2) is 0 Å². The van der Waals surface area contributed by atoms with E-state index >= 15 is 0 Å². The van der Waals surface area contributed by atoms with Crippen molar-refractivity contribution in [1.29, 1.82) is 0 Å². The fourth-order valence-corrected chi connectivity index (χ4v) is 2.01. The molecule has 1 saturated heterocycles. The fraction of sp³-hybridized carbons (Fsp3) is 0.636. The molecule has 1 fully saturated rings. The van der Waals surface area contributed by atoms with Crippen LogP contribution in [0.3, 0.4) is 0 Å². The van der Waals surface area contributed by atoms with E-state index in [1.165, 1.54) is 19.3 Å². The Kier molecular flexibility index (Phi) is 3.44. The van der Waals surface area contributed by atoms with Crippen molar-refractivity contribution in [3.63, 3.8) is 0 Å². The van der Waals surface area contributed by atoms with Crippen LogP contribution in [-0.4, -0.2) is 29.6 Å². The Morgan fingerprint density at radius 1 is 1.31 bits per heavy atom. The zero-order chi connectivity index (χ0) is 11.4. The molecule has 5 nitrogen and oxygen atoms in total. The summed E-state index contributed by atoms with van der Waals surface area (Å²) in [4.78, 5) is 10.7. The topological polar surface area (TPSA) is 67.1 Å². The molecule has 0 radical (unpaired) electrons. The van der Waals surface area contributed by atoms with E-state index in [1.807, 2.05) is 13.0 Å². The minimum atomic E-state index is 0.346. The highest BCUT2D eigenvalue weighted by Crippen LogP contribution is 2.20. The van der Waals surface area contributed by atoms with E-state index < -0.39 is 0 Å². The zero-order valence-corrected chi connectivity index (χ0v) is 9.74. The van der Waals surface area contributed by atoms with E-state index in [9.17, 15) is 0 Å². The molecule has 88 valence electrons. The second-order valence-corrected chi connectivity index (χ2v) is 4.05. The largest absolute Gasteiger partial charge is 0.370 e. The first-order valence-electron chi connectivity index (χ1n) is 5.93. The van der Waals surface area contributed by atoms with Crippen LogP contribution in [0.4, 0.5) is 17.6 Å². The molecule has 1 aliphatic heterocycles. The summed E-state index contributed by atoms with van der Waals surface area (Å²) in [6.07, 6.45) is 3.79. The number of hydrogen-bond acceptors (Lipinski definition) is 5. The van der Waals surface area contributed by atoms with Gasteiger partial charge in [0.2, 0.25) is 5.95 Å². The number of piperidine rings is 1. The molecule has 1 aliphatic rings. The molecule has 2 heterocycles. The van der Waals surface area contributed by atoms with Crippen molar-refractivity contribution in [2.45, 2.75) is 26.2 Å². The smallest absolute Gasteiger partial charge is 0.223 e. The maximum Gasteiger partial charge on any atom is 0.223 e. The summed E-state index contributed by atoms with van der Waals surface area (Å²) in [5, 5.41) is 3.17. The molecule has 0 spiro atoms. The highest BCUT2D eigenvalue weighted by atomic mass is 15.2. The van der Waals surface area contributed by atoms with Crippen LogP contribution >= 0.6 is 0 Å². The van der Waals surface area contributed by atoms with Crippen LogP contribution in [-0.2, 0) is 0 Å². The Labute approximate surface area is 96.1 Å². The van der Waals surface area contributed by atoms with Gasteiger partial charge in [0.15, 0.2) is 0 Å². The van der Waals surface area contributed by atoms with Crippen LogP contribution in [0.5, 0.6) is 0 Å². The van der Waals surface area contributed by atoms with E-state index in [4.69, 9.17) is 5.73 Å². The average molecular weight is 221 g/mol. The lowest BCUT2D eigenvalue weighted by atomic mass is 10.1. The average Bonchev–Trinajstić information content (AvgIpc) is 2.30. The number of rotatable bonds is 3. The normalized spacial score (nSPS) is 16.2. The molecule has 0 bridgehead atoms. The Balaban J connectivity index is 2.18. The minimum Gasteiger partial charge on any atom is -0.370 e. The zero-order valence-electron chi connectivity index (χ0n) is 9.74. The first kappa shape index (κ1) is 11.0. The van der Waals surface area contributed by atoms with Gasteiger partial charge in [-0.15, -0.1) is 0 Å². The lowest BCUT2D eigenvalue weighted by molar-refractivity contribution is 0.573. The van der Waals surface area contributed by atoms with Crippen molar-refractivity contribution in [2.75, 3.05) is 35.6 Å². The van der Waals surface area contributed by atoms with Crippen LogP contribution in [0.1, 0.15) is 26.2 Å². The first-order chi connectivity index (χ1) is 7.79. The third kappa shape index (κ3) is 2.53. The molecule has 16 heavy (non-hydrogen) atoms. The summed E-state index contributed by atoms with van der Waals surface area (Å²) >= 11 is 0.